The number of piperidine rings is 1. The van der Waals surface area contributed by atoms with Crippen LogP contribution in [0.15, 0.2) is 12.1 Å². The van der Waals surface area contributed by atoms with Gasteiger partial charge in [0.1, 0.15) is 0 Å². The maximum atomic E-state index is 9.46. The molecule has 1 saturated carbocycles. The fraction of sp³-hybridized carbons (Fsp3) is 0.571. The van der Waals surface area contributed by atoms with Crippen LogP contribution in [-0.4, -0.2) is 39.2 Å². The van der Waals surface area contributed by atoms with Gasteiger partial charge in [0.25, 0.3) is 0 Å². The topological polar surface area (TPSA) is 82.6 Å². The normalized spacial score (nSPS) is 20.3. The third kappa shape index (κ3) is 3.32. The van der Waals surface area contributed by atoms with E-state index in [-0.39, 0.29) is 11.5 Å². The Labute approximate surface area is 154 Å². The van der Waals surface area contributed by atoms with E-state index in [0.29, 0.717) is 11.2 Å². The van der Waals surface area contributed by atoms with Crippen LogP contribution in [0.4, 0.5) is 5.69 Å². The second-order valence-corrected chi connectivity index (χ2v) is 7.84. The molecule has 1 aliphatic heterocycles. The SMILES string of the molecule is C1CCN(C2CCC2)CC1.Nc1c2c(nc3cc(O)c(O)cc13)CCC2. The quantitative estimate of drug-likeness (QED) is 0.679. The number of anilines is 1. The Bertz CT molecular complexity index is 796. The lowest BCUT2D eigenvalue weighted by molar-refractivity contribution is 0.105. The number of hydrogen-bond acceptors (Lipinski definition) is 5. The van der Waals surface area contributed by atoms with Crippen LogP contribution in [0.1, 0.15) is 56.2 Å². The number of nitrogens with zero attached hydrogens (tertiary/aromatic N) is 2. The summed E-state index contributed by atoms with van der Waals surface area (Å²) < 4.78 is 0. The minimum absolute atomic E-state index is 0.154. The Morgan fingerprint density at radius 1 is 0.923 bits per heavy atom. The molecule has 0 spiro atoms. The first kappa shape index (κ1) is 17.4. The summed E-state index contributed by atoms with van der Waals surface area (Å²) in [5.74, 6) is -0.309. The van der Waals surface area contributed by atoms with Crippen molar-refractivity contribution >= 4 is 16.6 Å². The van der Waals surface area contributed by atoms with Crippen molar-refractivity contribution in [3.05, 3.63) is 23.4 Å². The number of benzene rings is 1. The summed E-state index contributed by atoms with van der Waals surface area (Å²) in [5, 5.41) is 19.6. The van der Waals surface area contributed by atoms with E-state index >= 15 is 0 Å². The Balaban J connectivity index is 0.000000144. The van der Waals surface area contributed by atoms with E-state index in [1.54, 1.807) is 0 Å². The largest absolute Gasteiger partial charge is 0.504 e. The van der Waals surface area contributed by atoms with Crippen LogP contribution in [0.2, 0.25) is 0 Å². The molecule has 2 aliphatic carbocycles. The predicted molar refractivity (Wildman–Crippen MR) is 105 cm³/mol. The Morgan fingerprint density at radius 3 is 2.35 bits per heavy atom. The van der Waals surface area contributed by atoms with Gasteiger partial charge in [0.2, 0.25) is 0 Å². The van der Waals surface area contributed by atoms with Crippen molar-refractivity contribution in [2.75, 3.05) is 18.8 Å². The number of hydrogen-bond donors (Lipinski definition) is 3. The molecule has 0 atom stereocenters. The van der Waals surface area contributed by atoms with Gasteiger partial charge in [-0.2, -0.15) is 0 Å². The van der Waals surface area contributed by atoms with Crippen LogP contribution in [0.5, 0.6) is 11.5 Å². The molecule has 1 saturated heterocycles. The van der Waals surface area contributed by atoms with Gasteiger partial charge >= 0.3 is 0 Å². The summed E-state index contributed by atoms with van der Waals surface area (Å²) in [7, 11) is 0. The molecule has 1 aromatic carbocycles. The highest BCUT2D eigenvalue weighted by molar-refractivity contribution is 5.94. The van der Waals surface area contributed by atoms with Gasteiger partial charge < -0.3 is 20.8 Å². The summed E-state index contributed by atoms with van der Waals surface area (Å²) in [4.78, 5) is 7.17. The lowest BCUT2D eigenvalue weighted by atomic mass is 9.90. The maximum Gasteiger partial charge on any atom is 0.159 e. The average Bonchev–Trinajstić information content (AvgIpc) is 3.06. The molecular weight excluding hydrogens is 326 g/mol. The van der Waals surface area contributed by atoms with Crippen molar-refractivity contribution in [1.29, 1.82) is 0 Å². The van der Waals surface area contributed by atoms with Gasteiger partial charge in [-0.1, -0.05) is 12.8 Å². The smallest absolute Gasteiger partial charge is 0.159 e. The summed E-state index contributed by atoms with van der Waals surface area (Å²) in [6.45, 7) is 2.79. The highest BCUT2D eigenvalue weighted by Gasteiger charge is 2.25. The van der Waals surface area contributed by atoms with Gasteiger partial charge in [0.05, 0.1) is 5.52 Å². The Hall–Kier alpha value is -2.01. The predicted octanol–water partition coefficient (Wildman–Crippen LogP) is 3.74. The van der Waals surface area contributed by atoms with E-state index < -0.39 is 0 Å². The van der Waals surface area contributed by atoms with Gasteiger partial charge in [-0.15, -0.1) is 0 Å². The molecule has 5 heteroatoms. The first-order chi connectivity index (χ1) is 12.6. The van der Waals surface area contributed by atoms with Gasteiger partial charge in [-0.05, 0) is 69.7 Å². The van der Waals surface area contributed by atoms with E-state index in [1.807, 2.05) is 0 Å². The number of pyridine rings is 1. The summed E-state index contributed by atoms with van der Waals surface area (Å²) in [6, 6.07) is 3.94. The molecule has 2 fully saturated rings. The third-order valence-corrected chi connectivity index (χ3v) is 6.13. The number of phenolic OH excluding ortho intramolecular Hbond substituents is 2. The molecule has 0 unspecified atom stereocenters. The molecule has 5 nitrogen and oxygen atoms in total. The highest BCUT2D eigenvalue weighted by atomic mass is 16.3. The number of rotatable bonds is 1. The van der Waals surface area contributed by atoms with Crippen LogP contribution >= 0.6 is 0 Å². The molecule has 26 heavy (non-hydrogen) atoms. The minimum atomic E-state index is -0.155. The number of likely N-dealkylation sites (tertiary alicyclic amines) is 1. The van der Waals surface area contributed by atoms with Crippen molar-refractivity contribution in [2.45, 2.75) is 63.8 Å². The number of fused-ring (bicyclic) bond motifs is 2. The number of aromatic hydroxyl groups is 2. The first-order valence-electron chi connectivity index (χ1n) is 10.0. The Morgan fingerprint density at radius 2 is 1.65 bits per heavy atom. The first-order valence-corrected chi connectivity index (χ1v) is 10.0. The minimum Gasteiger partial charge on any atom is -0.504 e. The van der Waals surface area contributed by atoms with Gasteiger partial charge in [0, 0.05) is 28.9 Å². The highest BCUT2D eigenvalue weighted by Crippen LogP contribution is 2.36. The molecule has 1 aromatic heterocycles. The second-order valence-electron chi connectivity index (χ2n) is 7.84. The number of nitrogens with two attached hydrogens (primary N) is 1. The van der Waals surface area contributed by atoms with Gasteiger partial charge in [-0.25, -0.2) is 0 Å². The van der Waals surface area contributed by atoms with E-state index in [2.05, 4.69) is 9.88 Å². The van der Waals surface area contributed by atoms with Crippen LogP contribution in [0.25, 0.3) is 10.9 Å². The maximum absolute atomic E-state index is 9.46. The molecule has 5 rings (SSSR count). The summed E-state index contributed by atoms with van der Waals surface area (Å²) in [6.07, 6.45) is 11.8. The van der Waals surface area contributed by atoms with Crippen LogP contribution in [-0.2, 0) is 12.8 Å². The molecule has 4 N–H and O–H groups in total. The van der Waals surface area contributed by atoms with Crippen molar-refractivity contribution in [3.63, 3.8) is 0 Å². The monoisotopic (exact) mass is 355 g/mol. The Kier molecular flexibility index (Phi) is 4.90. The zero-order valence-electron chi connectivity index (χ0n) is 15.4. The van der Waals surface area contributed by atoms with Gasteiger partial charge in [-0.3, -0.25) is 4.98 Å². The third-order valence-electron chi connectivity index (χ3n) is 6.13. The number of aryl methyl sites for hydroxylation is 1. The van der Waals surface area contributed by atoms with E-state index in [1.165, 1.54) is 63.7 Å². The van der Waals surface area contributed by atoms with Gasteiger partial charge in [0.15, 0.2) is 11.5 Å². The fourth-order valence-corrected chi connectivity index (χ4v) is 4.36. The van der Waals surface area contributed by atoms with E-state index in [4.69, 9.17) is 5.73 Å². The molecule has 0 bridgehead atoms. The zero-order valence-corrected chi connectivity index (χ0v) is 15.4. The molecule has 3 aliphatic rings. The fourth-order valence-electron chi connectivity index (χ4n) is 4.36. The lowest BCUT2D eigenvalue weighted by Crippen LogP contribution is -2.42. The average molecular weight is 355 g/mol. The van der Waals surface area contributed by atoms with E-state index in [9.17, 15) is 10.2 Å². The number of nitrogen functional groups attached to an aromatic ring is 1. The number of aromatic nitrogens is 1. The van der Waals surface area contributed by atoms with Crippen molar-refractivity contribution in [1.82, 2.24) is 9.88 Å². The van der Waals surface area contributed by atoms with Crippen molar-refractivity contribution in [2.24, 2.45) is 0 Å². The summed E-state index contributed by atoms with van der Waals surface area (Å²) in [5.41, 5.74) is 9.51. The number of phenols is 2. The van der Waals surface area contributed by atoms with Crippen molar-refractivity contribution in [3.8, 4) is 11.5 Å². The molecule has 140 valence electrons. The van der Waals surface area contributed by atoms with Crippen molar-refractivity contribution < 1.29 is 10.2 Å². The lowest BCUT2D eigenvalue weighted by Gasteiger charge is -2.39. The zero-order chi connectivity index (χ0) is 18.1. The standard InChI is InChI=1S/C12H12N2O2.C9H17N/c13-12-6-2-1-3-8(6)14-9-5-11(16)10(15)4-7(9)12;1-2-7-10(8-3-1)9-5-4-6-9/h4-5,15-16H,1-3H2,(H2,13,14);9H,1-8H2. The molecule has 0 radical (unpaired) electrons. The molecule has 2 aromatic rings. The summed E-state index contributed by atoms with van der Waals surface area (Å²) >= 11 is 0. The molecular formula is C21H29N3O2. The second kappa shape index (κ2) is 7.31. The van der Waals surface area contributed by atoms with Crippen LogP contribution < -0.4 is 5.73 Å². The molecule has 2 heterocycles. The van der Waals surface area contributed by atoms with Crippen LogP contribution in [0, 0.1) is 0 Å². The van der Waals surface area contributed by atoms with E-state index in [0.717, 1.165) is 41.9 Å². The molecule has 0 amide bonds. The van der Waals surface area contributed by atoms with Crippen LogP contribution in [0.3, 0.4) is 0 Å².